The molecular weight excluding hydrogens is 370 g/mol. The van der Waals surface area contributed by atoms with Crippen molar-refractivity contribution in [1.82, 2.24) is 4.98 Å². The first kappa shape index (κ1) is 17.0. The Morgan fingerprint density at radius 3 is 2.33 bits per heavy atom. The Bertz CT molecular complexity index is 1550. The molecule has 0 saturated heterocycles. The van der Waals surface area contributed by atoms with Crippen LogP contribution in [0.5, 0.6) is 0 Å². The van der Waals surface area contributed by atoms with Crippen LogP contribution in [0.4, 0.5) is 0 Å². The molecule has 0 bridgehead atoms. The van der Waals surface area contributed by atoms with E-state index in [0.29, 0.717) is 0 Å². The molecule has 0 fully saturated rings. The molecule has 0 aliphatic carbocycles. The Morgan fingerprint density at radius 2 is 1.47 bits per heavy atom. The van der Waals surface area contributed by atoms with Crippen molar-refractivity contribution in [2.45, 2.75) is 13.8 Å². The first-order valence-corrected chi connectivity index (χ1v) is 10.1. The zero-order chi connectivity index (χ0) is 20.2. The molecule has 3 aromatic heterocycles. The van der Waals surface area contributed by atoms with Gasteiger partial charge in [0.1, 0.15) is 22.5 Å². The maximum atomic E-state index is 6.28. The van der Waals surface area contributed by atoms with Crippen molar-refractivity contribution in [3.8, 4) is 22.6 Å². The van der Waals surface area contributed by atoms with E-state index in [1.54, 1.807) is 0 Å². The van der Waals surface area contributed by atoms with E-state index < -0.39 is 0 Å². The summed E-state index contributed by atoms with van der Waals surface area (Å²) in [5.41, 5.74) is 7.93. The van der Waals surface area contributed by atoms with Crippen LogP contribution in [0.1, 0.15) is 11.1 Å². The van der Waals surface area contributed by atoms with E-state index in [2.05, 4.69) is 56.3 Å². The number of nitrogens with zero attached hydrogens (tertiary/aromatic N) is 1. The maximum Gasteiger partial charge on any atom is 0.144 e. The van der Waals surface area contributed by atoms with Gasteiger partial charge in [0.15, 0.2) is 0 Å². The van der Waals surface area contributed by atoms with Crippen molar-refractivity contribution in [2.75, 3.05) is 0 Å². The number of pyridine rings is 1. The summed E-state index contributed by atoms with van der Waals surface area (Å²) in [5.74, 6) is 0.876. The van der Waals surface area contributed by atoms with Crippen molar-refractivity contribution < 1.29 is 8.83 Å². The predicted molar refractivity (Wildman–Crippen MR) is 122 cm³/mol. The normalized spacial score (nSPS) is 11.7. The molecule has 6 aromatic rings. The van der Waals surface area contributed by atoms with Crippen LogP contribution >= 0.6 is 0 Å². The number of furan rings is 2. The fourth-order valence-corrected chi connectivity index (χ4v) is 4.36. The van der Waals surface area contributed by atoms with Gasteiger partial charge >= 0.3 is 0 Å². The lowest BCUT2D eigenvalue weighted by molar-refractivity contribution is 0.630. The third kappa shape index (κ3) is 2.49. The van der Waals surface area contributed by atoms with Gasteiger partial charge in [0.05, 0.1) is 5.69 Å². The first-order chi connectivity index (χ1) is 14.7. The highest BCUT2D eigenvalue weighted by molar-refractivity contribution is 6.09. The quantitative estimate of drug-likeness (QED) is 0.305. The van der Waals surface area contributed by atoms with Crippen molar-refractivity contribution in [3.63, 3.8) is 0 Å². The number of fused-ring (bicyclic) bond motifs is 4. The predicted octanol–water partition coefficient (Wildman–Crippen LogP) is 7.68. The molecule has 0 aliphatic heterocycles. The molecule has 0 unspecified atom stereocenters. The van der Waals surface area contributed by atoms with Gasteiger partial charge in [-0.3, -0.25) is 4.98 Å². The molecule has 3 aromatic carbocycles. The van der Waals surface area contributed by atoms with Gasteiger partial charge in [-0.1, -0.05) is 48.5 Å². The number of para-hydroxylation sites is 2. The average molecular weight is 389 g/mol. The second-order valence-electron chi connectivity index (χ2n) is 7.77. The summed E-state index contributed by atoms with van der Waals surface area (Å²) in [6, 6.07) is 24.7. The molecule has 3 nitrogen and oxygen atoms in total. The number of hydrogen-bond acceptors (Lipinski definition) is 3. The van der Waals surface area contributed by atoms with E-state index in [1.807, 2.05) is 36.5 Å². The molecule has 0 spiro atoms. The van der Waals surface area contributed by atoms with E-state index in [1.165, 1.54) is 11.1 Å². The zero-order valence-electron chi connectivity index (χ0n) is 16.8. The molecule has 0 saturated carbocycles. The zero-order valence-corrected chi connectivity index (χ0v) is 16.8. The van der Waals surface area contributed by atoms with Gasteiger partial charge in [-0.2, -0.15) is 0 Å². The van der Waals surface area contributed by atoms with Crippen molar-refractivity contribution >= 4 is 32.9 Å². The highest BCUT2D eigenvalue weighted by Crippen LogP contribution is 2.37. The largest absolute Gasteiger partial charge is 0.456 e. The Morgan fingerprint density at radius 1 is 0.700 bits per heavy atom. The molecule has 3 heterocycles. The van der Waals surface area contributed by atoms with Crippen LogP contribution in [0.3, 0.4) is 0 Å². The second-order valence-corrected chi connectivity index (χ2v) is 7.77. The molecule has 0 aliphatic rings. The van der Waals surface area contributed by atoms with Gasteiger partial charge < -0.3 is 8.83 Å². The van der Waals surface area contributed by atoms with Crippen LogP contribution in [0, 0.1) is 13.8 Å². The van der Waals surface area contributed by atoms with Crippen LogP contribution in [-0.4, -0.2) is 4.98 Å². The Balaban J connectivity index is 1.54. The van der Waals surface area contributed by atoms with E-state index in [0.717, 1.165) is 55.5 Å². The minimum Gasteiger partial charge on any atom is -0.456 e. The Hall–Kier alpha value is -3.85. The molecular formula is C27H19NO2. The van der Waals surface area contributed by atoms with Gasteiger partial charge in [-0.15, -0.1) is 0 Å². The van der Waals surface area contributed by atoms with Gasteiger partial charge in [0, 0.05) is 39.5 Å². The summed E-state index contributed by atoms with van der Waals surface area (Å²) in [4.78, 5) is 4.73. The number of aryl methyl sites for hydroxylation is 2. The summed E-state index contributed by atoms with van der Waals surface area (Å²) in [7, 11) is 0. The summed E-state index contributed by atoms with van der Waals surface area (Å²) < 4.78 is 12.5. The highest BCUT2D eigenvalue weighted by atomic mass is 16.3. The molecule has 0 atom stereocenters. The van der Waals surface area contributed by atoms with Crippen LogP contribution in [0.25, 0.3) is 55.5 Å². The summed E-state index contributed by atoms with van der Waals surface area (Å²) in [6.07, 6.45) is 1.88. The average Bonchev–Trinajstić information content (AvgIpc) is 3.34. The number of hydrogen-bond donors (Lipinski definition) is 0. The van der Waals surface area contributed by atoms with Crippen molar-refractivity contribution in [3.05, 3.63) is 90.1 Å². The fraction of sp³-hybridized carbons (Fsp3) is 0.0741. The molecule has 6 rings (SSSR count). The third-order valence-corrected chi connectivity index (χ3v) is 5.81. The van der Waals surface area contributed by atoms with Gasteiger partial charge in [-0.05, 0) is 43.2 Å². The van der Waals surface area contributed by atoms with E-state index in [4.69, 9.17) is 13.8 Å². The van der Waals surface area contributed by atoms with Gasteiger partial charge in [-0.25, -0.2) is 0 Å². The molecule has 0 N–H and O–H groups in total. The van der Waals surface area contributed by atoms with Crippen LogP contribution in [0.2, 0.25) is 0 Å². The number of rotatable bonds is 2. The standard InChI is InChI=1S/C27H19NO2/c1-16-7-5-8-17(2)26(16)25-13-18-15-28-22(14-24(18)29-25)21-11-6-10-20-19-9-3-4-12-23(19)30-27(20)21/h3-15H,1-2H3. The van der Waals surface area contributed by atoms with E-state index >= 15 is 0 Å². The minimum atomic E-state index is 0.825. The monoisotopic (exact) mass is 389 g/mol. The summed E-state index contributed by atoms with van der Waals surface area (Å²) in [6.45, 7) is 4.23. The summed E-state index contributed by atoms with van der Waals surface area (Å²) in [5, 5.41) is 3.21. The topological polar surface area (TPSA) is 39.2 Å². The third-order valence-electron chi connectivity index (χ3n) is 5.81. The van der Waals surface area contributed by atoms with E-state index in [9.17, 15) is 0 Å². The lowest BCUT2D eigenvalue weighted by Crippen LogP contribution is -1.85. The molecule has 3 heteroatoms. The van der Waals surface area contributed by atoms with Crippen LogP contribution in [0.15, 0.2) is 87.8 Å². The SMILES string of the molecule is Cc1cccc(C)c1-c1cc2cnc(-c3cccc4c3oc3ccccc34)cc2o1. The van der Waals surface area contributed by atoms with Gasteiger partial charge in [0.2, 0.25) is 0 Å². The molecule has 0 radical (unpaired) electrons. The Kier molecular flexibility index (Phi) is 3.59. The van der Waals surface area contributed by atoms with Crippen LogP contribution in [-0.2, 0) is 0 Å². The number of aromatic nitrogens is 1. The summed E-state index contributed by atoms with van der Waals surface area (Å²) >= 11 is 0. The molecule has 0 amide bonds. The minimum absolute atomic E-state index is 0.825. The first-order valence-electron chi connectivity index (χ1n) is 10.1. The Labute approximate surface area is 173 Å². The van der Waals surface area contributed by atoms with E-state index in [-0.39, 0.29) is 0 Å². The number of benzene rings is 3. The smallest absolute Gasteiger partial charge is 0.144 e. The molecule has 30 heavy (non-hydrogen) atoms. The fourth-order valence-electron chi connectivity index (χ4n) is 4.36. The van der Waals surface area contributed by atoms with Crippen LogP contribution < -0.4 is 0 Å². The molecule has 144 valence electrons. The van der Waals surface area contributed by atoms with Crippen molar-refractivity contribution in [1.29, 1.82) is 0 Å². The maximum absolute atomic E-state index is 6.28. The van der Waals surface area contributed by atoms with Gasteiger partial charge in [0.25, 0.3) is 0 Å². The lowest BCUT2D eigenvalue weighted by atomic mass is 10.0. The lowest BCUT2D eigenvalue weighted by Gasteiger charge is -2.05. The van der Waals surface area contributed by atoms with Crippen molar-refractivity contribution in [2.24, 2.45) is 0 Å². The second kappa shape index (κ2) is 6.33. The highest BCUT2D eigenvalue weighted by Gasteiger charge is 2.15.